The van der Waals surface area contributed by atoms with Crippen LogP contribution in [-0.2, 0) is 19.1 Å². The summed E-state index contributed by atoms with van der Waals surface area (Å²) in [5.41, 5.74) is -0.364. The maximum atomic E-state index is 12.3. The van der Waals surface area contributed by atoms with Crippen molar-refractivity contribution in [2.45, 2.75) is 6.42 Å². The lowest BCUT2D eigenvalue weighted by Gasteiger charge is -2.16. The van der Waals surface area contributed by atoms with E-state index in [0.717, 1.165) is 0 Å². The van der Waals surface area contributed by atoms with E-state index in [4.69, 9.17) is 4.74 Å². The highest BCUT2D eigenvalue weighted by molar-refractivity contribution is 8.04. The van der Waals surface area contributed by atoms with Gasteiger partial charge in [-0.2, -0.15) is 5.10 Å². The molecule has 1 amide bonds. The molecule has 1 N–H and O–H groups in total. The summed E-state index contributed by atoms with van der Waals surface area (Å²) in [6, 6.07) is 6.61. The van der Waals surface area contributed by atoms with Gasteiger partial charge in [-0.05, 0) is 12.5 Å². The number of nitrogens with one attached hydrogen (secondary N) is 1. The molecule has 1 aliphatic heterocycles. The zero-order valence-electron chi connectivity index (χ0n) is 15.0. The number of carbonyl (C=O) groups excluding carboxylic acids is 3. The van der Waals surface area contributed by atoms with Crippen LogP contribution in [0.5, 0.6) is 0 Å². The molecule has 0 aliphatic carbocycles. The van der Waals surface area contributed by atoms with Crippen LogP contribution in [0.3, 0.4) is 0 Å². The number of H-pyrrole nitrogens is 1. The number of aromatic amines is 1. The topological polar surface area (TPSA) is 119 Å². The van der Waals surface area contributed by atoms with Crippen LogP contribution in [0.25, 0.3) is 10.8 Å². The van der Waals surface area contributed by atoms with Crippen molar-refractivity contribution in [3.8, 4) is 0 Å². The third-order valence-corrected chi connectivity index (χ3v) is 5.03. The molecule has 3 rings (SSSR count). The zero-order valence-corrected chi connectivity index (χ0v) is 15.8. The number of benzene rings is 1. The molecular weight excluding hydrogens is 386 g/mol. The second-order valence-corrected chi connectivity index (χ2v) is 6.77. The standard InChI is InChI=1S/C18H17N3O6S/c1-26-15(23)9-14-21(13(22)10-28-14)7-4-8-27-18(25)16-11-5-2-3-6-12(11)17(24)20-19-16/h2-3,5-6,9H,4,7-8,10H2,1H3,(H,20,24)/b14-9+. The molecule has 1 aromatic carbocycles. The van der Waals surface area contributed by atoms with Crippen LogP contribution in [0, 0.1) is 0 Å². The van der Waals surface area contributed by atoms with Crippen molar-refractivity contribution >= 4 is 40.4 Å². The van der Waals surface area contributed by atoms with E-state index in [0.29, 0.717) is 28.8 Å². The van der Waals surface area contributed by atoms with Gasteiger partial charge in [0.25, 0.3) is 5.56 Å². The highest BCUT2D eigenvalue weighted by atomic mass is 32.2. The molecule has 0 saturated carbocycles. The quantitative estimate of drug-likeness (QED) is 0.432. The third-order valence-electron chi connectivity index (χ3n) is 4.00. The number of fused-ring (bicyclic) bond motifs is 1. The van der Waals surface area contributed by atoms with Gasteiger partial charge in [0.2, 0.25) is 5.91 Å². The lowest BCUT2D eigenvalue weighted by atomic mass is 10.1. The van der Waals surface area contributed by atoms with Gasteiger partial charge in [0.05, 0.1) is 36.0 Å². The third kappa shape index (κ3) is 4.22. The summed E-state index contributed by atoms with van der Waals surface area (Å²) in [7, 11) is 1.26. The minimum atomic E-state index is -0.667. The normalized spacial score (nSPS) is 15.2. The molecule has 28 heavy (non-hydrogen) atoms. The Labute approximate surface area is 163 Å². The molecule has 0 atom stereocenters. The van der Waals surface area contributed by atoms with Gasteiger partial charge in [-0.15, -0.1) is 0 Å². The van der Waals surface area contributed by atoms with Gasteiger partial charge < -0.3 is 14.4 Å². The van der Waals surface area contributed by atoms with Gasteiger partial charge in [0.15, 0.2) is 5.69 Å². The number of aromatic nitrogens is 2. The fourth-order valence-corrected chi connectivity index (χ4v) is 3.61. The monoisotopic (exact) mass is 403 g/mol. The van der Waals surface area contributed by atoms with Crippen LogP contribution < -0.4 is 5.56 Å². The van der Waals surface area contributed by atoms with Crippen molar-refractivity contribution in [3.63, 3.8) is 0 Å². The molecule has 146 valence electrons. The van der Waals surface area contributed by atoms with Gasteiger partial charge >= 0.3 is 11.9 Å². The SMILES string of the molecule is COC(=O)/C=C1/SCC(=O)N1CCCOC(=O)c1n[nH]c(=O)c2ccccc12. The number of esters is 2. The summed E-state index contributed by atoms with van der Waals surface area (Å²) in [5.74, 6) is -1.08. The molecule has 9 nitrogen and oxygen atoms in total. The Kier molecular flexibility index (Phi) is 6.09. The van der Waals surface area contributed by atoms with Gasteiger partial charge in [0, 0.05) is 11.9 Å². The lowest BCUT2D eigenvalue weighted by molar-refractivity contribution is -0.134. The van der Waals surface area contributed by atoms with E-state index in [2.05, 4.69) is 14.9 Å². The summed E-state index contributed by atoms with van der Waals surface area (Å²) < 4.78 is 9.81. The first-order valence-corrected chi connectivity index (χ1v) is 9.37. The average Bonchev–Trinajstić information content (AvgIpc) is 3.04. The minimum Gasteiger partial charge on any atom is -0.466 e. The molecule has 1 fully saturated rings. The summed E-state index contributed by atoms with van der Waals surface area (Å²) in [4.78, 5) is 48.9. The Hall–Kier alpha value is -3.14. The van der Waals surface area contributed by atoms with Crippen molar-refractivity contribution in [1.82, 2.24) is 15.1 Å². The minimum absolute atomic E-state index is 0.0225. The van der Waals surface area contributed by atoms with Crippen LogP contribution in [0.15, 0.2) is 40.2 Å². The molecular formula is C18H17N3O6S. The Morgan fingerprint density at radius 2 is 2.04 bits per heavy atom. The first-order valence-electron chi connectivity index (χ1n) is 8.38. The smallest absolute Gasteiger partial charge is 0.359 e. The van der Waals surface area contributed by atoms with Gasteiger partial charge in [-0.1, -0.05) is 30.0 Å². The Morgan fingerprint density at radius 1 is 1.29 bits per heavy atom. The predicted molar refractivity (Wildman–Crippen MR) is 102 cm³/mol. The van der Waals surface area contributed by atoms with Crippen LogP contribution in [-0.4, -0.2) is 59.0 Å². The Bertz CT molecular complexity index is 1020. The maximum absolute atomic E-state index is 12.3. The summed E-state index contributed by atoms with van der Waals surface area (Å²) in [6.07, 6.45) is 1.63. The van der Waals surface area contributed by atoms with E-state index in [1.54, 1.807) is 24.3 Å². The van der Waals surface area contributed by atoms with Crippen LogP contribution in [0.4, 0.5) is 0 Å². The van der Waals surface area contributed by atoms with Crippen molar-refractivity contribution in [1.29, 1.82) is 0 Å². The lowest BCUT2D eigenvalue weighted by Crippen LogP contribution is -2.27. The molecule has 0 unspecified atom stereocenters. The first kappa shape index (κ1) is 19.6. The number of thioether (sulfide) groups is 1. The van der Waals surface area contributed by atoms with Crippen molar-refractivity contribution in [3.05, 3.63) is 51.4 Å². The number of hydrogen-bond acceptors (Lipinski definition) is 8. The number of carbonyl (C=O) groups is 3. The molecule has 2 aromatic rings. The molecule has 0 spiro atoms. The first-order chi connectivity index (χ1) is 13.5. The van der Waals surface area contributed by atoms with E-state index in [1.165, 1.54) is 29.8 Å². The maximum Gasteiger partial charge on any atom is 0.359 e. The zero-order chi connectivity index (χ0) is 20.1. The Balaban J connectivity index is 1.60. The predicted octanol–water partition coefficient (Wildman–Crippen LogP) is 1.06. The number of methoxy groups -OCH3 is 1. The molecule has 0 bridgehead atoms. The van der Waals surface area contributed by atoms with Gasteiger partial charge in [-0.25, -0.2) is 14.7 Å². The van der Waals surface area contributed by atoms with Crippen molar-refractivity contribution < 1.29 is 23.9 Å². The van der Waals surface area contributed by atoms with Crippen molar-refractivity contribution in [2.24, 2.45) is 0 Å². The molecule has 1 aliphatic rings. The highest BCUT2D eigenvalue weighted by Crippen LogP contribution is 2.28. The fraction of sp³-hybridized carbons (Fsp3) is 0.278. The van der Waals surface area contributed by atoms with E-state index in [-0.39, 0.29) is 29.5 Å². The number of ether oxygens (including phenoxy) is 2. The average molecular weight is 403 g/mol. The van der Waals surface area contributed by atoms with E-state index in [1.807, 2.05) is 0 Å². The van der Waals surface area contributed by atoms with Crippen LogP contribution in [0.1, 0.15) is 16.9 Å². The Morgan fingerprint density at radius 3 is 2.79 bits per heavy atom. The molecule has 2 heterocycles. The summed E-state index contributed by atoms with van der Waals surface area (Å²) in [5, 5.41) is 7.34. The number of rotatable bonds is 6. The second-order valence-electron chi connectivity index (χ2n) is 5.78. The molecule has 0 radical (unpaired) electrons. The molecule has 1 aromatic heterocycles. The van der Waals surface area contributed by atoms with Crippen LogP contribution >= 0.6 is 11.8 Å². The van der Waals surface area contributed by atoms with Gasteiger partial charge in [-0.3, -0.25) is 9.59 Å². The van der Waals surface area contributed by atoms with Gasteiger partial charge in [0.1, 0.15) is 0 Å². The summed E-state index contributed by atoms with van der Waals surface area (Å²) in [6.45, 7) is 0.343. The summed E-state index contributed by atoms with van der Waals surface area (Å²) >= 11 is 1.25. The van der Waals surface area contributed by atoms with Crippen molar-refractivity contribution in [2.75, 3.05) is 26.0 Å². The van der Waals surface area contributed by atoms with Crippen LogP contribution in [0.2, 0.25) is 0 Å². The fourth-order valence-electron chi connectivity index (χ4n) is 2.65. The number of nitrogens with zero attached hydrogens (tertiary/aromatic N) is 2. The van der Waals surface area contributed by atoms with E-state index < -0.39 is 11.9 Å². The van der Waals surface area contributed by atoms with E-state index in [9.17, 15) is 19.2 Å². The van der Waals surface area contributed by atoms with E-state index >= 15 is 0 Å². The number of hydrogen-bond donors (Lipinski definition) is 1. The highest BCUT2D eigenvalue weighted by Gasteiger charge is 2.27. The molecule has 1 saturated heterocycles. The second kappa shape index (κ2) is 8.70. The molecule has 10 heteroatoms. The largest absolute Gasteiger partial charge is 0.466 e. The number of amides is 1.